The highest BCUT2D eigenvalue weighted by Crippen LogP contribution is 2.70. The molecule has 0 amide bonds. The third-order valence-corrected chi connectivity index (χ3v) is 19.7. The van der Waals surface area contributed by atoms with Gasteiger partial charge in [-0.15, -0.1) is 0 Å². The molecule has 25 atom stereocenters. The van der Waals surface area contributed by atoms with Crippen LogP contribution in [0.2, 0.25) is 0 Å². The second-order valence-corrected chi connectivity index (χ2v) is 23.4. The Kier molecular flexibility index (Phi) is 13.8. The summed E-state index contributed by atoms with van der Waals surface area (Å²) in [6.45, 7) is 10.1. The van der Waals surface area contributed by atoms with Crippen molar-refractivity contribution >= 4 is 0 Å². The maximum Gasteiger partial charge on any atom is 0.184 e. The molecule has 9 aliphatic rings. The zero-order chi connectivity index (χ0) is 48.9. The summed E-state index contributed by atoms with van der Waals surface area (Å²) >= 11 is 0. The fourth-order valence-corrected chi connectivity index (χ4v) is 16.0. The molecule has 6 N–H and O–H groups in total. The number of phenols is 1. The summed E-state index contributed by atoms with van der Waals surface area (Å²) in [4.78, 5) is 0. The van der Waals surface area contributed by atoms with Crippen molar-refractivity contribution in [3.8, 4) is 5.75 Å². The van der Waals surface area contributed by atoms with Gasteiger partial charge in [0.15, 0.2) is 31.5 Å². The quantitative estimate of drug-likeness (QED) is 0.148. The maximum atomic E-state index is 13.1. The van der Waals surface area contributed by atoms with Gasteiger partial charge >= 0.3 is 0 Å². The van der Waals surface area contributed by atoms with Gasteiger partial charge in [-0.25, -0.2) is 0 Å². The van der Waals surface area contributed by atoms with E-state index in [1.165, 1.54) is 0 Å². The number of phenolic OH excluding ortho intramolecular Hbond substituents is 1. The van der Waals surface area contributed by atoms with E-state index in [-0.39, 0.29) is 78.2 Å². The largest absolute Gasteiger partial charge is 0.508 e. The number of benzene rings is 2. The lowest BCUT2D eigenvalue weighted by atomic mass is 9.42. The van der Waals surface area contributed by atoms with Gasteiger partial charge in [-0.3, -0.25) is 0 Å². The van der Waals surface area contributed by atoms with E-state index in [1.54, 1.807) is 12.1 Å². The Bertz CT molecular complexity index is 2090. The second kappa shape index (κ2) is 19.4. The van der Waals surface area contributed by atoms with Gasteiger partial charge < -0.3 is 73.3 Å². The molecule has 9 fully saturated rings. The fourth-order valence-electron chi connectivity index (χ4n) is 16.0. The third-order valence-electron chi connectivity index (χ3n) is 19.7. The lowest BCUT2D eigenvalue weighted by molar-refractivity contribution is -0.334. The molecule has 5 saturated heterocycles. The van der Waals surface area contributed by atoms with Gasteiger partial charge in [-0.2, -0.15) is 0 Å². The van der Waals surface area contributed by atoms with E-state index in [0.717, 1.165) is 49.7 Å². The molecule has 5 heterocycles. The number of ether oxygens (including phenoxy) is 9. The van der Waals surface area contributed by atoms with Crippen LogP contribution < -0.4 is 0 Å². The molecule has 0 spiro atoms. The molecule has 4 saturated carbocycles. The van der Waals surface area contributed by atoms with Gasteiger partial charge in [0.2, 0.25) is 0 Å². The average Bonchev–Trinajstić information content (AvgIpc) is 4.01. The highest BCUT2D eigenvalue weighted by molar-refractivity contribution is 5.33. The lowest BCUT2D eigenvalue weighted by Crippen LogP contribution is -2.67. The van der Waals surface area contributed by atoms with E-state index in [0.29, 0.717) is 38.0 Å². The summed E-state index contributed by atoms with van der Waals surface area (Å²) in [6.07, 6.45) is -1.27. The van der Waals surface area contributed by atoms with E-state index in [1.807, 2.05) is 63.2 Å². The van der Waals surface area contributed by atoms with Crippen molar-refractivity contribution in [3.63, 3.8) is 0 Å². The number of hydrogen-bond donors (Lipinski definition) is 6. The maximum absolute atomic E-state index is 13.1. The Labute approximate surface area is 412 Å². The summed E-state index contributed by atoms with van der Waals surface area (Å²) in [6, 6.07) is 17.1. The Hall–Kier alpha value is -2.32. The van der Waals surface area contributed by atoms with Crippen molar-refractivity contribution < 1.29 is 73.3 Å². The zero-order valence-electron chi connectivity index (χ0n) is 41.4. The van der Waals surface area contributed by atoms with Crippen LogP contribution in [-0.2, 0) is 49.1 Å². The molecule has 388 valence electrons. The van der Waals surface area contributed by atoms with Crippen molar-refractivity contribution in [1.29, 1.82) is 0 Å². The first-order valence-corrected chi connectivity index (χ1v) is 26.7. The minimum Gasteiger partial charge on any atom is -0.508 e. The van der Waals surface area contributed by atoms with Crippen LogP contribution in [0.1, 0.15) is 129 Å². The first-order chi connectivity index (χ1) is 33.5. The Morgan fingerprint density at radius 3 is 1.97 bits per heavy atom. The van der Waals surface area contributed by atoms with Crippen LogP contribution >= 0.6 is 0 Å². The highest BCUT2D eigenvalue weighted by Gasteiger charge is 2.72. The topological polar surface area (TPSA) is 204 Å². The average molecular weight is 979 g/mol. The van der Waals surface area contributed by atoms with Crippen molar-refractivity contribution in [2.24, 2.45) is 40.4 Å². The van der Waals surface area contributed by atoms with E-state index in [4.69, 9.17) is 42.6 Å². The summed E-state index contributed by atoms with van der Waals surface area (Å²) in [5.74, 6) is 0.649. The van der Waals surface area contributed by atoms with Gasteiger partial charge in [0, 0.05) is 43.1 Å². The van der Waals surface area contributed by atoms with E-state index >= 15 is 0 Å². The molecule has 15 heteroatoms. The molecule has 5 aliphatic heterocycles. The van der Waals surface area contributed by atoms with Gasteiger partial charge in [0.25, 0.3) is 0 Å². The van der Waals surface area contributed by atoms with E-state index in [9.17, 15) is 30.6 Å². The SMILES string of the molecule is CC1O[C@@H](O[C@H]2CC[C@@]3(C)[C@H](CC[C@@H]4[C@@H]3C[C@@H](O)[C@]3(C)[C@@H](C5CC(O)OC5Cc5ccccc5O)CC[C@]43O)C2)C[C@@H](O)C1O[C@@H]1C[C@@H](O)C(O[C@H]2C[C@H]3OC(c4ccccc4)OC3C(C)O2)C(C)O1. The van der Waals surface area contributed by atoms with Crippen molar-refractivity contribution in [2.45, 2.75) is 228 Å². The van der Waals surface area contributed by atoms with Gasteiger partial charge in [0.05, 0.1) is 60.5 Å². The lowest BCUT2D eigenvalue weighted by Gasteiger charge is -2.65. The summed E-state index contributed by atoms with van der Waals surface area (Å²) in [5, 5.41) is 69.7. The number of para-hydroxylation sites is 1. The minimum atomic E-state index is -1.05. The van der Waals surface area contributed by atoms with Crippen LogP contribution in [0.25, 0.3) is 0 Å². The molecule has 0 aromatic heterocycles. The molecule has 2 aromatic rings. The molecule has 11 rings (SSSR count). The van der Waals surface area contributed by atoms with Crippen LogP contribution in [0.4, 0.5) is 0 Å². The molecule has 0 radical (unpaired) electrons. The van der Waals surface area contributed by atoms with E-state index in [2.05, 4.69) is 13.8 Å². The standard InChI is InChI=1S/C55H78O15/c1-28-49(68-47-26-41(58)50(29(2)63-47)69-48-27-43-51(30(3)64-48)70-52(67-43)31-11-7-6-8-12-31)40(57)25-46(62-28)65-34-17-19-53(4)33(22-34)15-16-37-38(53)24-44(59)54(5)36(18-20-55(37,54)61)35-23-45(60)66-42(35)21-32-13-9-10-14-39(32)56/h6-14,28-30,33-38,40-52,56-61H,15-27H2,1-5H3/t28?,29?,30?,33-,34+,35?,36-,37-,38+,40-,41-,42?,43-,44-,45?,46+,47-,48+,49?,50?,51?,52?,53+,54+,55+/m1/s1. The van der Waals surface area contributed by atoms with Crippen molar-refractivity contribution in [1.82, 2.24) is 0 Å². The van der Waals surface area contributed by atoms with Gasteiger partial charge in [0.1, 0.15) is 24.1 Å². The van der Waals surface area contributed by atoms with Gasteiger partial charge in [-0.1, -0.05) is 62.4 Å². The first-order valence-electron chi connectivity index (χ1n) is 26.7. The normalized spacial score (nSPS) is 51.3. The van der Waals surface area contributed by atoms with Crippen LogP contribution in [0.3, 0.4) is 0 Å². The van der Waals surface area contributed by atoms with Gasteiger partial charge in [-0.05, 0) is 119 Å². The van der Waals surface area contributed by atoms with Crippen LogP contribution in [0.5, 0.6) is 5.75 Å². The third kappa shape index (κ3) is 8.80. The Morgan fingerprint density at radius 2 is 1.27 bits per heavy atom. The Morgan fingerprint density at radius 1 is 0.614 bits per heavy atom. The number of aliphatic hydroxyl groups is 5. The number of aromatic hydroxyl groups is 1. The molecule has 2 aromatic carbocycles. The number of aliphatic hydroxyl groups excluding tert-OH is 4. The zero-order valence-corrected chi connectivity index (χ0v) is 41.4. The van der Waals surface area contributed by atoms with Crippen molar-refractivity contribution in [3.05, 3.63) is 65.7 Å². The monoisotopic (exact) mass is 979 g/mol. The molecular formula is C55H78O15. The van der Waals surface area contributed by atoms with Crippen LogP contribution in [-0.4, -0.2) is 135 Å². The van der Waals surface area contributed by atoms with Crippen LogP contribution in [0, 0.1) is 40.4 Å². The number of rotatable bonds is 10. The highest BCUT2D eigenvalue weighted by atomic mass is 16.8. The molecule has 70 heavy (non-hydrogen) atoms. The summed E-state index contributed by atoms with van der Waals surface area (Å²) in [7, 11) is 0. The number of hydrogen-bond acceptors (Lipinski definition) is 15. The number of fused-ring (bicyclic) bond motifs is 6. The molecule has 0 bridgehead atoms. The summed E-state index contributed by atoms with van der Waals surface area (Å²) < 4.78 is 57.0. The van der Waals surface area contributed by atoms with Crippen LogP contribution in [0.15, 0.2) is 54.6 Å². The van der Waals surface area contributed by atoms with Crippen molar-refractivity contribution in [2.75, 3.05) is 0 Å². The second-order valence-electron chi connectivity index (χ2n) is 23.4. The molecule has 4 aliphatic carbocycles. The Balaban J connectivity index is 0.664. The smallest absolute Gasteiger partial charge is 0.184 e. The molecular weight excluding hydrogens is 901 g/mol. The summed E-state index contributed by atoms with van der Waals surface area (Å²) in [5.41, 5.74) is -0.169. The minimum absolute atomic E-state index is 0.0418. The fraction of sp³-hybridized carbons (Fsp3) is 0.782. The first kappa shape index (κ1) is 49.9. The van der Waals surface area contributed by atoms with E-state index < -0.39 is 85.2 Å². The predicted molar refractivity (Wildman–Crippen MR) is 251 cm³/mol. The molecule has 15 nitrogen and oxygen atoms in total. The predicted octanol–water partition coefficient (Wildman–Crippen LogP) is 6.17. The molecule has 10 unspecified atom stereocenters.